The Morgan fingerprint density at radius 1 is 1.25 bits per heavy atom. The highest BCUT2D eigenvalue weighted by Gasteiger charge is 1.97. The van der Waals surface area contributed by atoms with Gasteiger partial charge in [-0.25, -0.2) is 4.98 Å². The number of nitrogens with zero attached hydrogens (tertiary/aromatic N) is 2. The largest absolute Gasteiger partial charge is 0.497 e. The molecule has 0 unspecified atom stereocenters. The van der Waals surface area contributed by atoms with Crippen LogP contribution in [0.3, 0.4) is 0 Å². The van der Waals surface area contributed by atoms with Crippen molar-refractivity contribution >= 4 is 17.6 Å². The summed E-state index contributed by atoms with van der Waals surface area (Å²) in [6.45, 7) is 1.59. The summed E-state index contributed by atoms with van der Waals surface area (Å²) in [5.41, 5.74) is 7.00. The van der Waals surface area contributed by atoms with E-state index in [0.717, 1.165) is 12.2 Å². The molecular formula is C17H21ClN4O2. The summed E-state index contributed by atoms with van der Waals surface area (Å²) in [5, 5.41) is 3.58. The SMILES string of the molecule is COc1ccc(CCN=C(N)NCCOc2ccc(Cl)cn2)cc1. The van der Waals surface area contributed by atoms with Crippen molar-refractivity contribution in [3.8, 4) is 11.6 Å². The number of halogens is 1. The number of nitrogens with one attached hydrogen (secondary N) is 1. The molecular weight excluding hydrogens is 328 g/mol. The first-order valence-electron chi connectivity index (χ1n) is 7.58. The van der Waals surface area contributed by atoms with Crippen LogP contribution in [0.1, 0.15) is 5.56 Å². The van der Waals surface area contributed by atoms with Crippen LogP contribution in [-0.2, 0) is 6.42 Å². The number of aliphatic imine (C=N–C) groups is 1. The van der Waals surface area contributed by atoms with Gasteiger partial charge in [0, 0.05) is 18.8 Å². The van der Waals surface area contributed by atoms with Gasteiger partial charge < -0.3 is 20.5 Å². The van der Waals surface area contributed by atoms with Crippen LogP contribution in [0, 0.1) is 0 Å². The first-order valence-corrected chi connectivity index (χ1v) is 7.96. The Labute approximate surface area is 146 Å². The molecule has 0 amide bonds. The number of benzene rings is 1. The Hall–Kier alpha value is -2.47. The third-order valence-electron chi connectivity index (χ3n) is 3.20. The molecule has 1 aromatic carbocycles. The number of guanidine groups is 1. The second kappa shape index (κ2) is 9.62. The van der Waals surface area contributed by atoms with Crippen molar-refractivity contribution < 1.29 is 9.47 Å². The zero-order valence-corrected chi connectivity index (χ0v) is 14.3. The van der Waals surface area contributed by atoms with Gasteiger partial charge in [-0.15, -0.1) is 0 Å². The molecule has 0 atom stereocenters. The van der Waals surface area contributed by atoms with Gasteiger partial charge in [0.15, 0.2) is 5.96 Å². The highest BCUT2D eigenvalue weighted by molar-refractivity contribution is 6.30. The summed E-state index contributed by atoms with van der Waals surface area (Å²) in [4.78, 5) is 8.32. The lowest BCUT2D eigenvalue weighted by atomic mass is 10.1. The van der Waals surface area contributed by atoms with Gasteiger partial charge in [-0.05, 0) is 30.2 Å². The minimum Gasteiger partial charge on any atom is -0.497 e. The number of nitrogens with two attached hydrogens (primary N) is 1. The zero-order valence-electron chi connectivity index (χ0n) is 13.5. The van der Waals surface area contributed by atoms with E-state index in [4.69, 9.17) is 26.8 Å². The maximum absolute atomic E-state index is 5.81. The zero-order chi connectivity index (χ0) is 17.2. The van der Waals surface area contributed by atoms with Gasteiger partial charge >= 0.3 is 0 Å². The minimum absolute atomic E-state index is 0.399. The number of pyridine rings is 1. The Morgan fingerprint density at radius 2 is 2.04 bits per heavy atom. The molecule has 0 saturated carbocycles. The second-order valence-electron chi connectivity index (χ2n) is 4.95. The molecule has 0 aliphatic carbocycles. The molecule has 0 aliphatic rings. The predicted octanol–water partition coefficient (Wildman–Crippen LogP) is 2.27. The van der Waals surface area contributed by atoms with Crippen molar-refractivity contribution in [2.45, 2.75) is 6.42 Å². The van der Waals surface area contributed by atoms with Gasteiger partial charge in [-0.3, -0.25) is 4.99 Å². The number of hydrogen-bond acceptors (Lipinski definition) is 4. The van der Waals surface area contributed by atoms with Crippen LogP contribution in [0.25, 0.3) is 0 Å². The molecule has 0 radical (unpaired) electrons. The Bertz CT molecular complexity index is 645. The van der Waals surface area contributed by atoms with Gasteiger partial charge in [0.1, 0.15) is 12.4 Å². The Kier molecular flexibility index (Phi) is 7.17. The van der Waals surface area contributed by atoms with Crippen LogP contribution in [-0.4, -0.2) is 37.7 Å². The topological polar surface area (TPSA) is 81.8 Å². The van der Waals surface area contributed by atoms with Crippen LogP contribution in [0.5, 0.6) is 11.6 Å². The lowest BCUT2D eigenvalue weighted by molar-refractivity contribution is 0.310. The standard InChI is InChI=1S/C17H21ClN4O2/c1-23-15-5-2-13(3-6-15)8-9-20-17(19)21-10-11-24-16-7-4-14(18)12-22-16/h2-7,12H,8-11H2,1H3,(H3,19,20,21). The highest BCUT2D eigenvalue weighted by Crippen LogP contribution is 2.12. The minimum atomic E-state index is 0.399. The fourth-order valence-corrected chi connectivity index (χ4v) is 2.05. The van der Waals surface area contributed by atoms with Crippen LogP contribution in [0.4, 0.5) is 0 Å². The second-order valence-corrected chi connectivity index (χ2v) is 5.39. The quantitative estimate of drug-likeness (QED) is 0.434. The van der Waals surface area contributed by atoms with E-state index in [0.29, 0.717) is 36.6 Å². The van der Waals surface area contributed by atoms with Crippen molar-refractivity contribution in [1.82, 2.24) is 10.3 Å². The molecule has 6 nitrogen and oxygen atoms in total. The first kappa shape index (κ1) is 17.9. The molecule has 0 fully saturated rings. The first-order chi connectivity index (χ1) is 11.7. The average Bonchev–Trinajstić information content (AvgIpc) is 2.61. The predicted molar refractivity (Wildman–Crippen MR) is 95.9 cm³/mol. The van der Waals surface area contributed by atoms with Gasteiger partial charge in [-0.2, -0.15) is 0 Å². The molecule has 2 aromatic rings. The third-order valence-corrected chi connectivity index (χ3v) is 3.42. The van der Waals surface area contributed by atoms with Gasteiger partial charge in [0.25, 0.3) is 0 Å². The lowest BCUT2D eigenvalue weighted by Crippen LogP contribution is -2.35. The van der Waals surface area contributed by atoms with E-state index >= 15 is 0 Å². The third kappa shape index (κ3) is 6.34. The molecule has 7 heteroatoms. The van der Waals surface area contributed by atoms with E-state index in [1.54, 1.807) is 25.4 Å². The fraction of sp³-hybridized carbons (Fsp3) is 0.294. The van der Waals surface area contributed by atoms with Crippen LogP contribution in [0.15, 0.2) is 47.6 Å². The van der Waals surface area contributed by atoms with Crippen molar-refractivity contribution in [2.24, 2.45) is 10.7 Å². The number of methoxy groups -OCH3 is 1. The van der Waals surface area contributed by atoms with Crippen LogP contribution in [0.2, 0.25) is 5.02 Å². The molecule has 1 heterocycles. The summed E-state index contributed by atoms with van der Waals surface area (Å²) >= 11 is 5.75. The Balaban J connectivity index is 1.63. The summed E-state index contributed by atoms with van der Waals surface area (Å²) in [7, 11) is 1.65. The smallest absolute Gasteiger partial charge is 0.213 e. The summed E-state index contributed by atoms with van der Waals surface area (Å²) < 4.78 is 10.6. The highest BCUT2D eigenvalue weighted by atomic mass is 35.5. The van der Waals surface area contributed by atoms with E-state index in [1.165, 1.54) is 5.56 Å². The molecule has 0 spiro atoms. The molecule has 3 N–H and O–H groups in total. The van der Waals surface area contributed by atoms with Gasteiger partial charge in [0.05, 0.1) is 18.7 Å². The van der Waals surface area contributed by atoms with Crippen molar-refractivity contribution in [3.63, 3.8) is 0 Å². The molecule has 24 heavy (non-hydrogen) atoms. The maximum Gasteiger partial charge on any atom is 0.213 e. The molecule has 128 valence electrons. The maximum atomic E-state index is 5.81. The van der Waals surface area contributed by atoms with Gasteiger partial charge in [-0.1, -0.05) is 23.7 Å². The van der Waals surface area contributed by atoms with E-state index in [9.17, 15) is 0 Å². The normalized spacial score (nSPS) is 11.2. The number of aromatic nitrogens is 1. The van der Waals surface area contributed by atoms with Gasteiger partial charge in [0.2, 0.25) is 5.88 Å². The molecule has 0 saturated heterocycles. The van der Waals surface area contributed by atoms with E-state index < -0.39 is 0 Å². The van der Waals surface area contributed by atoms with E-state index in [-0.39, 0.29) is 0 Å². The molecule has 0 aliphatic heterocycles. The summed E-state index contributed by atoms with van der Waals surface area (Å²) in [5.74, 6) is 1.77. The number of hydrogen-bond donors (Lipinski definition) is 2. The van der Waals surface area contributed by atoms with Crippen molar-refractivity contribution in [2.75, 3.05) is 26.8 Å². The summed E-state index contributed by atoms with van der Waals surface area (Å²) in [6, 6.07) is 11.3. The van der Waals surface area contributed by atoms with E-state index in [1.807, 2.05) is 24.3 Å². The Morgan fingerprint density at radius 3 is 2.71 bits per heavy atom. The van der Waals surface area contributed by atoms with Crippen molar-refractivity contribution in [3.05, 3.63) is 53.2 Å². The van der Waals surface area contributed by atoms with Crippen molar-refractivity contribution in [1.29, 1.82) is 0 Å². The number of rotatable bonds is 8. The summed E-state index contributed by atoms with van der Waals surface area (Å²) in [6.07, 6.45) is 2.36. The van der Waals surface area contributed by atoms with Crippen LogP contribution >= 0.6 is 11.6 Å². The monoisotopic (exact) mass is 348 g/mol. The fourth-order valence-electron chi connectivity index (χ4n) is 1.94. The van der Waals surface area contributed by atoms with E-state index in [2.05, 4.69) is 15.3 Å². The molecule has 2 rings (SSSR count). The lowest BCUT2D eigenvalue weighted by Gasteiger charge is -2.07. The van der Waals surface area contributed by atoms with Crippen LogP contribution < -0.4 is 20.5 Å². The molecule has 1 aromatic heterocycles. The number of ether oxygens (including phenoxy) is 2. The molecule has 0 bridgehead atoms. The average molecular weight is 349 g/mol.